The first-order valence-corrected chi connectivity index (χ1v) is 8.83. The third-order valence-corrected chi connectivity index (χ3v) is 4.79. The van der Waals surface area contributed by atoms with Gasteiger partial charge in [-0.1, -0.05) is 54.2 Å². The molecule has 3 aromatic rings. The molecule has 0 aliphatic rings. The Bertz CT molecular complexity index is 847. The fourth-order valence-electron chi connectivity index (χ4n) is 2.39. The molecule has 1 N–H and O–H groups in total. The lowest BCUT2D eigenvalue weighted by molar-refractivity contribution is -0.118. The van der Waals surface area contributed by atoms with Crippen LogP contribution >= 0.6 is 11.8 Å². The average Bonchev–Trinajstić information content (AvgIpc) is 3.01. The lowest BCUT2D eigenvalue weighted by Gasteiger charge is -2.07. The van der Waals surface area contributed by atoms with Gasteiger partial charge in [-0.25, -0.2) is 9.37 Å². The maximum absolute atomic E-state index is 12.9. The van der Waals surface area contributed by atoms with E-state index in [1.807, 2.05) is 48.1 Å². The second-order valence-corrected chi connectivity index (χ2v) is 6.49. The Balaban J connectivity index is 1.54. The minimum absolute atomic E-state index is 0.0846. The van der Waals surface area contributed by atoms with E-state index in [0.29, 0.717) is 6.54 Å². The predicted octanol–water partition coefficient (Wildman–Crippen LogP) is 3.63. The number of hydrogen-bond donors (Lipinski definition) is 1. The number of imidazole rings is 1. The molecule has 3 rings (SSSR count). The van der Waals surface area contributed by atoms with Gasteiger partial charge in [-0.05, 0) is 23.3 Å². The van der Waals surface area contributed by atoms with E-state index >= 15 is 0 Å². The first-order valence-electron chi connectivity index (χ1n) is 7.84. The van der Waals surface area contributed by atoms with E-state index < -0.39 is 0 Å². The van der Waals surface area contributed by atoms with E-state index in [0.717, 1.165) is 22.0 Å². The first-order chi connectivity index (χ1) is 12.1. The lowest BCUT2D eigenvalue weighted by Crippen LogP contribution is -2.24. The molecule has 0 atom stereocenters. The van der Waals surface area contributed by atoms with Gasteiger partial charge in [0.15, 0.2) is 5.16 Å². The normalized spacial score (nSPS) is 10.6. The van der Waals surface area contributed by atoms with Crippen molar-refractivity contribution in [3.8, 4) is 11.3 Å². The molecule has 0 bridgehead atoms. The number of carbonyl (C=O) groups excluding carboxylic acids is 1. The van der Waals surface area contributed by atoms with Gasteiger partial charge in [-0.15, -0.1) is 0 Å². The lowest BCUT2D eigenvalue weighted by atomic mass is 10.2. The molecule has 1 amide bonds. The Morgan fingerprint density at radius 2 is 1.88 bits per heavy atom. The minimum Gasteiger partial charge on any atom is -0.351 e. The summed E-state index contributed by atoms with van der Waals surface area (Å²) in [6.45, 7) is 0.384. The van der Waals surface area contributed by atoms with E-state index in [9.17, 15) is 9.18 Å². The summed E-state index contributed by atoms with van der Waals surface area (Å²) in [5.41, 5.74) is 2.96. The molecule has 0 spiro atoms. The van der Waals surface area contributed by atoms with Gasteiger partial charge in [0.25, 0.3) is 0 Å². The number of nitrogens with one attached hydrogen (secondary N) is 1. The molecule has 2 aromatic carbocycles. The monoisotopic (exact) mass is 355 g/mol. The van der Waals surface area contributed by atoms with Crippen molar-refractivity contribution in [1.29, 1.82) is 0 Å². The summed E-state index contributed by atoms with van der Waals surface area (Å²) >= 11 is 1.39. The molecule has 0 aliphatic carbocycles. The Labute approximate surface area is 150 Å². The second kappa shape index (κ2) is 7.98. The van der Waals surface area contributed by atoms with Gasteiger partial charge < -0.3 is 9.88 Å². The van der Waals surface area contributed by atoms with E-state index in [1.54, 1.807) is 12.1 Å². The number of hydrogen-bond acceptors (Lipinski definition) is 3. The van der Waals surface area contributed by atoms with Crippen molar-refractivity contribution in [2.75, 3.05) is 5.75 Å². The SMILES string of the molecule is Cn1c(-c2ccccc2)cnc1SCC(=O)NCc1ccc(F)cc1. The van der Waals surface area contributed by atoms with Crippen LogP contribution in [-0.4, -0.2) is 21.2 Å². The minimum atomic E-state index is -0.283. The van der Waals surface area contributed by atoms with E-state index in [-0.39, 0.29) is 17.5 Å². The maximum Gasteiger partial charge on any atom is 0.230 e. The molecule has 0 aliphatic heterocycles. The van der Waals surface area contributed by atoms with Crippen molar-refractivity contribution in [3.05, 3.63) is 72.2 Å². The standard InChI is InChI=1S/C19H18FN3OS/c1-23-17(15-5-3-2-4-6-15)12-22-19(23)25-13-18(24)21-11-14-7-9-16(20)10-8-14/h2-10,12H,11,13H2,1H3,(H,21,24). The molecule has 6 heteroatoms. The van der Waals surface area contributed by atoms with Crippen molar-refractivity contribution < 1.29 is 9.18 Å². The van der Waals surface area contributed by atoms with E-state index in [2.05, 4.69) is 10.3 Å². The van der Waals surface area contributed by atoms with Crippen LogP contribution in [-0.2, 0) is 18.4 Å². The van der Waals surface area contributed by atoms with Gasteiger partial charge in [-0.2, -0.15) is 0 Å². The van der Waals surface area contributed by atoms with Crippen LogP contribution in [0.2, 0.25) is 0 Å². The Morgan fingerprint density at radius 1 is 1.16 bits per heavy atom. The summed E-state index contributed by atoms with van der Waals surface area (Å²) in [7, 11) is 1.94. The summed E-state index contributed by atoms with van der Waals surface area (Å²) in [4.78, 5) is 16.4. The van der Waals surface area contributed by atoms with Crippen LogP contribution in [0.4, 0.5) is 4.39 Å². The van der Waals surface area contributed by atoms with Crippen LogP contribution in [0.3, 0.4) is 0 Å². The van der Waals surface area contributed by atoms with Crippen LogP contribution in [0.15, 0.2) is 66.0 Å². The zero-order valence-electron chi connectivity index (χ0n) is 13.8. The highest BCUT2D eigenvalue weighted by Crippen LogP contribution is 2.24. The third-order valence-electron chi connectivity index (χ3n) is 3.75. The Hall–Kier alpha value is -2.60. The van der Waals surface area contributed by atoms with Gasteiger partial charge in [0.05, 0.1) is 17.6 Å². The molecule has 25 heavy (non-hydrogen) atoms. The Morgan fingerprint density at radius 3 is 2.60 bits per heavy atom. The molecule has 0 fully saturated rings. The van der Waals surface area contributed by atoms with Gasteiger partial charge in [-0.3, -0.25) is 4.79 Å². The molecule has 1 heterocycles. The number of aromatic nitrogens is 2. The zero-order valence-corrected chi connectivity index (χ0v) is 14.6. The molecule has 1 aromatic heterocycles. The van der Waals surface area contributed by atoms with Crippen molar-refractivity contribution in [2.24, 2.45) is 7.05 Å². The van der Waals surface area contributed by atoms with Crippen molar-refractivity contribution >= 4 is 17.7 Å². The summed E-state index contributed by atoms with van der Waals surface area (Å²) in [6, 6.07) is 16.1. The molecular weight excluding hydrogens is 337 g/mol. The van der Waals surface area contributed by atoms with Crippen molar-refractivity contribution in [2.45, 2.75) is 11.7 Å². The largest absolute Gasteiger partial charge is 0.351 e. The molecule has 0 saturated heterocycles. The number of amides is 1. The molecule has 4 nitrogen and oxygen atoms in total. The highest BCUT2D eigenvalue weighted by molar-refractivity contribution is 7.99. The summed E-state index contributed by atoms with van der Waals surface area (Å²) in [5, 5.41) is 3.62. The zero-order chi connectivity index (χ0) is 17.6. The van der Waals surface area contributed by atoms with Crippen LogP contribution in [0, 0.1) is 5.82 Å². The number of halogens is 1. The number of nitrogens with zero attached hydrogens (tertiary/aromatic N) is 2. The smallest absolute Gasteiger partial charge is 0.230 e. The maximum atomic E-state index is 12.9. The topological polar surface area (TPSA) is 46.9 Å². The van der Waals surface area contributed by atoms with Crippen LogP contribution in [0.5, 0.6) is 0 Å². The molecule has 0 unspecified atom stereocenters. The van der Waals surface area contributed by atoms with Gasteiger partial charge in [0.2, 0.25) is 5.91 Å². The summed E-state index contributed by atoms with van der Waals surface area (Å²) < 4.78 is 14.8. The van der Waals surface area contributed by atoms with Crippen LogP contribution in [0.1, 0.15) is 5.56 Å². The number of rotatable bonds is 6. The highest BCUT2D eigenvalue weighted by atomic mass is 32.2. The van der Waals surface area contributed by atoms with Crippen molar-refractivity contribution in [1.82, 2.24) is 14.9 Å². The quantitative estimate of drug-likeness (QED) is 0.687. The molecule has 0 saturated carbocycles. The van der Waals surface area contributed by atoms with Crippen LogP contribution in [0.25, 0.3) is 11.3 Å². The van der Waals surface area contributed by atoms with E-state index in [1.165, 1.54) is 23.9 Å². The van der Waals surface area contributed by atoms with Gasteiger partial charge in [0.1, 0.15) is 5.82 Å². The summed E-state index contributed by atoms with van der Waals surface area (Å²) in [6.07, 6.45) is 1.81. The molecule has 128 valence electrons. The first kappa shape index (κ1) is 17.2. The Kier molecular flexibility index (Phi) is 5.50. The number of benzene rings is 2. The van der Waals surface area contributed by atoms with Crippen LogP contribution < -0.4 is 5.32 Å². The van der Waals surface area contributed by atoms with Crippen molar-refractivity contribution in [3.63, 3.8) is 0 Å². The summed E-state index contributed by atoms with van der Waals surface area (Å²) in [5.74, 6) is -0.0893. The van der Waals surface area contributed by atoms with E-state index in [4.69, 9.17) is 0 Å². The number of carbonyl (C=O) groups is 1. The fraction of sp³-hybridized carbons (Fsp3) is 0.158. The fourth-order valence-corrected chi connectivity index (χ4v) is 3.17. The van der Waals surface area contributed by atoms with Gasteiger partial charge in [0, 0.05) is 13.6 Å². The number of thioether (sulfide) groups is 1. The average molecular weight is 355 g/mol. The third kappa shape index (κ3) is 4.48. The second-order valence-electron chi connectivity index (χ2n) is 5.54. The predicted molar refractivity (Wildman–Crippen MR) is 97.6 cm³/mol. The highest BCUT2D eigenvalue weighted by Gasteiger charge is 2.11. The molecular formula is C19H18FN3OS. The molecule has 0 radical (unpaired) electrons. The van der Waals surface area contributed by atoms with Gasteiger partial charge >= 0.3 is 0 Å².